The summed E-state index contributed by atoms with van der Waals surface area (Å²) >= 11 is 1.48. The molecule has 0 radical (unpaired) electrons. The van der Waals surface area contributed by atoms with E-state index in [0.717, 1.165) is 26.8 Å². The minimum atomic E-state index is -0.415. The van der Waals surface area contributed by atoms with Crippen molar-refractivity contribution in [1.82, 2.24) is 15.0 Å². The Morgan fingerprint density at radius 1 is 1.26 bits per heavy atom. The molecule has 0 aliphatic rings. The van der Waals surface area contributed by atoms with Crippen molar-refractivity contribution in [2.24, 2.45) is 5.10 Å². The second-order valence-corrected chi connectivity index (χ2v) is 8.27. The van der Waals surface area contributed by atoms with E-state index in [4.69, 9.17) is 4.74 Å². The molecule has 158 valence electrons. The molecule has 0 bridgehead atoms. The first-order valence-electron chi connectivity index (χ1n) is 9.91. The summed E-state index contributed by atoms with van der Waals surface area (Å²) in [6.45, 7) is 6.12. The van der Waals surface area contributed by atoms with Crippen LogP contribution < -0.4 is 15.7 Å². The van der Waals surface area contributed by atoms with Gasteiger partial charge in [0.15, 0.2) is 0 Å². The molecule has 4 rings (SSSR count). The van der Waals surface area contributed by atoms with E-state index in [1.165, 1.54) is 22.2 Å². The number of aromatic nitrogens is 2. The Balaban J connectivity index is 1.55. The molecule has 0 fully saturated rings. The van der Waals surface area contributed by atoms with Crippen molar-refractivity contribution in [1.29, 1.82) is 0 Å². The van der Waals surface area contributed by atoms with Crippen molar-refractivity contribution < 1.29 is 9.53 Å². The number of amides is 1. The van der Waals surface area contributed by atoms with E-state index < -0.39 is 5.91 Å². The fourth-order valence-corrected chi connectivity index (χ4v) is 4.42. The van der Waals surface area contributed by atoms with Crippen LogP contribution >= 0.6 is 11.3 Å². The van der Waals surface area contributed by atoms with Crippen molar-refractivity contribution in [3.63, 3.8) is 0 Å². The highest BCUT2D eigenvalue weighted by atomic mass is 32.1. The number of benzene rings is 2. The van der Waals surface area contributed by atoms with Crippen LogP contribution in [0.4, 0.5) is 0 Å². The lowest BCUT2D eigenvalue weighted by atomic mass is 10.0. The van der Waals surface area contributed by atoms with Gasteiger partial charge in [0.1, 0.15) is 17.1 Å². The largest absolute Gasteiger partial charge is 0.493 e. The van der Waals surface area contributed by atoms with Crippen LogP contribution in [0.1, 0.15) is 22.9 Å². The van der Waals surface area contributed by atoms with Crippen molar-refractivity contribution in [2.75, 3.05) is 6.61 Å². The fraction of sp³-hybridized carbons (Fsp3) is 0.217. The predicted octanol–water partition coefficient (Wildman–Crippen LogP) is 3.78. The van der Waals surface area contributed by atoms with E-state index in [1.54, 1.807) is 6.21 Å². The Bertz CT molecular complexity index is 1370. The number of fused-ring (bicyclic) bond motifs is 2. The minimum absolute atomic E-state index is 0.165. The molecule has 0 atom stereocenters. The maximum Gasteiger partial charge on any atom is 0.262 e. The molecule has 0 saturated heterocycles. The molecule has 0 aliphatic carbocycles. The second-order valence-electron chi connectivity index (χ2n) is 7.07. The number of nitrogens with zero attached hydrogens (tertiary/aromatic N) is 3. The summed E-state index contributed by atoms with van der Waals surface area (Å²) < 4.78 is 7.01. The molecule has 2 aromatic carbocycles. The zero-order valence-electron chi connectivity index (χ0n) is 17.5. The van der Waals surface area contributed by atoms with Crippen LogP contribution in [0.25, 0.3) is 21.0 Å². The van der Waals surface area contributed by atoms with Gasteiger partial charge >= 0.3 is 0 Å². The molecule has 2 heterocycles. The maximum absolute atomic E-state index is 12.8. The summed E-state index contributed by atoms with van der Waals surface area (Å²) in [6.07, 6.45) is 2.98. The zero-order chi connectivity index (χ0) is 22.0. The molecule has 4 aromatic rings. The standard InChI is InChI=1S/C23H22N4O3S/c1-4-30-19-10-9-16-7-5-6-8-17(16)18(19)11-25-26-20(28)12-27-13-24-22-21(23(27)29)14(2)15(3)31-22/h5-11,13H,4,12H2,1-3H3,(H,26,28). The van der Waals surface area contributed by atoms with Crippen molar-refractivity contribution in [3.8, 4) is 5.75 Å². The first kappa shape index (κ1) is 20.7. The van der Waals surface area contributed by atoms with Gasteiger partial charge in [0, 0.05) is 10.4 Å². The predicted molar refractivity (Wildman–Crippen MR) is 124 cm³/mol. The number of carbonyl (C=O) groups is 1. The van der Waals surface area contributed by atoms with E-state index in [0.29, 0.717) is 22.6 Å². The smallest absolute Gasteiger partial charge is 0.262 e. The molecule has 31 heavy (non-hydrogen) atoms. The van der Waals surface area contributed by atoms with Gasteiger partial charge in [0.25, 0.3) is 11.5 Å². The molecular formula is C23H22N4O3S. The number of nitrogens with one attached hydrogen (secondary N) is 1. The third-order valence-corrected chi connectivity index (χ3v) is 6.20. The van der Waals surface area contributed by atoms with Gasteiger partial charge in [-0.15, -0.1) is 11.3 Å². The lowest BCUT2D eigenvalue weighted by Gasteiger charge is -2.10. The molecule has 0 spiro atoms. The summed E-state index contributed by atoms with van der Waals surface area (Å²) in [5.41, 5.74) is 3.96. The number of aryl methyl sites for hydroxylation is 2. The number of thiophene rings is 1. The van der Waals surface area contributed by atoms with Gasteiger partial charge in [0.05, 0.1) is 24.5 Å². The van der Waals surface area contributed by atoms with Gasteiger partial charge in [0.2, 0.25) is 0 Å². The molecule has 7 nitrogen and oxygen atoms in total. The monoisotopic (exact) mass is 434 g/mol. The summed E-state index contributed by atoms with van der Waals surface area (Å²) in [5, 5.41) is 6.69. The molecule has 8 heteroatoms. The third-order valence-electron chi connectivity index (χ3n) is 5.08. The topological polar surface area (TPSA) is 85.6 Å². The van der Waals surface area contributed by atoms with E-state index in [2.05, 4.69) is 15.5 Å². The Morgan fingerprint density at radius 2 is 2.06 bits per heavy atom. The number of hydrogen-bond donors (Lipinski definition) is 1. The second kappa shape index (κ2) is 8.69. The van der Waals surface area contributed by atoms with Gasteiger partial charge in [-0.3, -0.25) is 14.2 Å². The Kier molecular flexibility index (Phi) is 5.81. The van der Waals surface area contributed by atoms with Crippen LogP contribution in [0.15, 0.2) is 52.6 Å². The van der Waals surface area contributed by atoms with E-state index in [-0.39, 0.29) is 12.1 Å². The first-order chi connectivity index (χ1) is 15.0. The van der Waals surface area contributed by atoms with E-state index in [1.807, 2.05) is 57.2 Å². The van der Waals surface area contributed by atoms with E-state index in [9.17, 15) is 9.59 Å². The van der Waals surface area contributed by atoms with Crippen molar-refractivity contribution in [2.45, 2.75) is 27.3 Å². The Morgan fingerprint density at radius 3 is 2.87 bits per heavy atom. The molecule has 1 amide bonds. The zero-order valence-corrected chi connectivity index (χ0v) is 18.3. The molecule has 0 aliphatic heterocycles. The van der Waals surface area contributed by atoms with Crippen molar-refractivity contribution >= 4 is 44.4 Å². The van der Waals surface area contributed by atoms with E-state index >= 15 is 0 Å². The third kappa shape index (κ3) is 4.06. The molecule has 0 saturated carbocycles. The van der Waals surface area contributed by atoms with Crippen LogP contribution in [-0.4, -0.2) is 28.3 Å². The van der Waals surface area contributed by atoms with Crippen LogP contribution in [0, 0.1) is 13.8 Å². The summed E-state index contributed by atoms with van der Waals surface area (Å²) in [7, 11) is 0. The normalized spacial score (nSPS) is 11.5. The van der Waals surface area contributed by atoms with Gasteiger partial charge in [-0.05, 0) is 43.2 Å². The molecule has 1 N–H and O–H groups in total. The molecule has 2 aromatic heterocycles. The summed E-state index contributed by atoms with van der Waals surface area (Å²) in [5.74, 6) is 0.274. The number of ether oxygens (including phenoxy) is 1. The van der Waals surface area contributed by atoms with Gasteiger partial charge < -0.3 is 4.74 Å². The molecular weight excluding hydrogens is 412 g/mol. The number of carbonyl (C=O) groups excluding carboxylic acids is 1. The fourth-order valence-electron chi connectivity index (χ4n) is 3.43. The maximum atomic E-state index is 12.8. The number of hydrogen-bond acceptors (Lipinski definition) is 6. The first-order valence-corrected chi connectivity index (χ1v) is 10.7. The molecule has 0 unspecified atom stereocenters. The average Bonchev–Trinajstić information content (AvgIpc) is 3.06. The van der Waals surface area contributed by atoms with Crippen LogP contribution in [-0.2, 0) is 11.3 Å². The van der Waals surface area contributed by atoms with Crippen LogP contribution in [0.3, 0.4) is 0 Å². The van der Waals surface area contributed by atoms with Crippen LogP contribution in [0.2, 0.25) is 0 Å². The highest BCUT2D eigenvalue weighted by Crippen LogP contribution is 2.27. The Labute approximate surface area is 183 Å². The van der Waals surface area contributed by atoms with Gasteiger partial charge in [-0.1, -0.05) is 30.3 Å². The number of hydrazone groups is 1. The SMILES string of the molecule is CCOc1ccc2ccccc2c1C=NNC(=O)Cn1cnc2sc(C)c(C)c2c1=O. The lowest BCUT2D eigenvalue weighted by Crippen LogP contribution is -2.30. The highest BCUT2D eigenvalue weighted by Gasteiger charge is 2.13. The van der Waals surface area contributed by atoms with Crippen molar-refractivity contribution in [3.05, 3.63) is 69.1 Å². The Hall–Kier alpha value is -3.52. The minimum Gasteiger partial charge on any atom is -0.493 e. The van der Waals surface area contributed by atoms with Gasteiger partial charge in [-0.2, -0.15) is 5.10 Å². The summed E-state index contributed by atoms with van der Waals surface area (Å²) in [4.78, 5) is 31.2. The highest BCUT2D eigenvalue weighted by molar-refractivity contribution is 7.18. The van der Waals surface area contributed by atoms with Gasteiger partial charge in [-0.25, -0.2) is 10.4 Å². The quantitative estimate of drug-likeness (QED) is 0.370. The number of rotatable bonds is 6. The summed E-state index contributed by atoms with van der Waals surface area (Å²) in [6, 6.07) is 11.8. The van der Waals surface area contributed by atoms with Crippen LogP contribution in [0.5, 0.6) is 5.75 Å². The lowest BCUT2D eigenvalue weighted by molar-refractivity contribution is -0.121. The average molecular weight is 435 g/mol.